The summed E-state index contributed by atoms with van der Waals surface area (Å²) in [4.78, 5) is 51.9. The van der Waals surface area contributed by atoms with Gasteiger partial charge in [0.2, 0.25) is 11.8 Å². The quantitative estimate of drug-likeness (QED) is 0.391. The summed E-state index contributed by atoms with van der Waals surface area (Å²) >= 11 is 0. The van der Waals surface area contributed by atoms with Crippen LogP contribution in [0.5, 0.6) is 5.75 Å². The Morgan fingerprint density at radius 2 is 1.69 bits per heavy atom. The molecule has 1 heterocycles. The fourth-order valence-electron chi connectivity index (χ4n) is 4.51. The molecule has 4 rings (SSSR count). The molecule has 2 aliphatic rings. The zero-order valence-corrected chi connectivity index (χ0v) is 18.1. The molecule has 0 bridgehead atoms. The van der Waals surface area contributed by atoms with Crippen molar-refractivity contribution >= 4 is 29.3 Å². The van der Waals surface area contributed by atoms with Crippen molar-refractivity contribution in [2.75, 3.05) is 18.6 Å². The van der Waals surface area contributed by atoms with Crippen LogP contribution in [0.25, 0.3) is 0 Å². The molecule has 166 valence electrons. The highest BCUT2D eigenvalue weighted by Crippen LogP contribution is 2.42. The van der Waals surface area contributed by atoms with Gasteiger partial charge < -0.3 is 9.47 Å². The van der Waals surface area contributed by atoms with Crippen molar-refractivity contribution in [1.29, 1.82) is 0 Å². The summed E-state index contributed by atoms with van der Waals surface area (Å²) in [5, 5.41) is 0. The van der Waals surface area contributed by atoms with Crippen molar-refractivity contribution in [2.24, 2.45) is 17.8 Å². The van der Waals surface area contributed by atoms with Gasteiger partial charge in [0, 0.05) is 5.56 Å². The molecule has 2 amide bonds. The first-order chi connectivity index (χ1) is 15.4. The second-order valence-electron chi connectivity index (χ2n) is 8.42. The van der Waals surface area contributed by atoms with E-state index >= 15 is 0 Å². The van der Waals surface area contributed by atoms with E-state index in [-0.39, 0.29) is 35.0 Å². The lowest BCUT2D eigenvalue weighted by Gasteiger charge is -2.25. The standard InChI is InChI=1S/C25H25NO6/c1-15-9-10-20-21(11-15)24(29)26(23(20)28)18-7-3-6-17(12-18)25(30)32-14-22(27)16-5-4-8-19(13-16)31-2/h3-8,12-13,15,20-21H,9-11,14H2,1-2H3/t15-,20+,21-/m1/s1. The Hall–Kier alpha value is -3.48. The Morgan fingerprint density at radius 3 is 2.47 bits per heavy atom. The Balaban J connectivity index is 1.46. The normalized spacial score (nSPS) is 22.4. The van der Waals surface area contributed by atoms with Crippen LogP contribution in [0.3, 0.4) is 0 Å². The van der Waals surface area contributed by atoms with Crippen molar-refractivity contribution < 1.29 is 28.7 Å². The van der Waals surface area contributed by atoms with Crippen LogP contribution in [0, 0.1) is 17.8 Å². The lowest BCUT2D eigenvalue weighted by Crippen LogP contribution is -2.31. The number of Topliss-reactive ketones (excluding diaryl/α,β-unsaturated/α-hetero) is 1. The second-order valence-corrected chi connectivity index (χ2v) is 8.42. The molecule has 0 unspecified atom stereocenters. The molecule has 0 aromatic heterocycles. The highest BCUT2D eigenvalue weighted by molar-refractivity contribution is 6.22. The van der Waals surface area contributed by atoms with Gasteiger partial charge in [0.1, 0.15) is 5.75 Å². The number of amides is 2. The lowest BCUT2D eigenvalue weighted by molar-refractivity contribution is -0.122. The molecule has 7 heteroatoms. The van der Waals surface area contributed by atoms with Gasteiger partial charge in [0.05, 0.1) is 30.2 Å². The summed E-state index contributed by atoms with van der Waals surface area (Å²) in [6.45, 7) is 1.67. The number of hydrogen-bond donors (Lipinski definition) is 0. The van der Waals surface area contributed by atoms with E-state index in [9.17, 15) is 19.2 Å². The van der Waals surface area contributed by atoms with Crippen LogP contribution in [0.15, 0.2) is 48.5 Å². The largest absolute Gasteiger partial charge is 0.497 e. The molecule has 0 N–H and O–H groups in total. The van der Waals surface area contributed by atoms with Crippen molar-refractivity contribution in [1.82, 2.24) is 0 Å². The molecule has 32 heavy (non-hydrogen) atoms. The van der Waals surface area contributed by atoms with Crippen molar-refractivity contribution in [2.45, 2.75) is 26.2 Å². The molecule has 0 radical (unpaired) electrons. The molecule has 0 spiro atoms. The third-order valence-corrected chi connectivity index (χ3v) is 6.25. The number of imide groups is 1. The minimum absolute atomic E-state index is 0.171. The zero-order chi connectivity index (χ0) is 22.8. The van der Waals surface area contributed by atoms with Gasteiger partial charge >= 0.3 is 5.97 Å². The van der Waals surface area contributed by atoms with Gasteiger partial charge in [-0.05, 0) is 55.5 Å². The highest BCUT2D eigenvalue weighted by Gasteiger charge is 2.50. The van der Waals surface area contributed by atoms with E-state index in [1.165, 1.54) is 24.1 Å². The van der Waals surface area contributed by atoms with Gasteiger partial charge in [0.25, 0.3) is 0 Å². The van der Waals surface area contributed by atoms with E-state index in [0.29, 0.717) is 35.8 Å². The summed E-state index contributed by atoms with van der Waals surface area (Å²) in [6.07, 6.45) is 2.35. The topological polar surface area (TPSA) is 90.0 Å². The molecule has 2 fully saturated rings. The van der Waals surface area contributed by atoms with Crippen molar-refractivity contribution in [3.63, 3.8) is 0 Å². The van der Waals surface area contributed by atoms with Crippen LogP contribution in [0.2, 0.25) is 0 Å². The molecule has 1 saturated heterocycles. The fraction of sp³-hybridized carbons (Fsp3) is 0.360. The number of benzene rings is 2. The van der Waals surface area contributed by atoms with Gasteiger partial charge in [0.15, 0.2) is 12.4 Å². The van der Waals surface area contributed by atoms with Crippen LogP contribution < -0.4 is 9.64 Å². The predicted octanol–water partition coefficient (Wildman–Crippen LogP) is 3.66. The molecular formula is C25H25NO6. The summed E-state index contributed by atoms with van der Waals surface area (Å²) < 4.78 is 10.3. The van der Waals surface area contributed by atoms with E-state index in [2.05, 4.69) is 6.92 Å². The van der Waals surface area contributed by atoms with E-state index in [4.69, 9.17) is 9.47 Å². The Bertz CT molecular complexity index is 1080. The van der Waals surface area contributed by atoms with Crippen LogP contribution in [-0.2, 0) is 14.3 Å². The number of methoxy groups -OCH3 is 1. The summed E-state index contributed by atoms with van der Waals surface area (Å²) in [6, 6.07) is 12.8. The highest BCUT2D eigenvalue weighted by atomic mass is 16.5. The molecule has 7 nitrogen and oxygen atoms in total. The first kappa shape index (κ1) is 21.7. The van der Waals surface area contributed by atoms with Crippen LogP contribution in [0.1, 0.15) is 46.9 Å². The molecule has 1 aliphatic carbocycles. The van der Waals surface area contributed by atoms with Crippen molar-refractivity contribution in [3.05, 3.63) is 59.7 Å². The molecule has 2 aromatic rings. The smallest absolute Gasteiger partial charge is 0.338 e. The Morgan fingerprint density at radius 1 is 0.969 bits per heavy atom. The number of hydrogen-bond acceptors (Lipinski definition) is 6. The minimum Gasteiger partial charge on any atom is -0.497 e. The van der Waals surface area contributed by atoms with Gasteiger partial charge in [-0.1, -0.05) is 25.1 Å². The maximum atomic E-state index is 12.9. The number of carbonyl (C=O) groups excluding carboxylic acids is 4. The first-order valence-electron chi connectivity index (χ1n) is 10.7. The first-order valence-corrected chi connectivity index (χ1v) is 10.7. The number of esters is 1. The zero-order valence-electron chi connectivity index (χ0n) is 18.1. The number of anilines is 1. The third kappa shape index (κ3) is 4.15. The molecular weight excluding hydrogens is 410 g/mol. The van der Waals surface area contributed by atoms with E-state index < -0.39 is 12.6 Å². The maximum absolute atomic E-state index is 12.9. The van der Waals surface area contributed by atoms with Gasteiger partial charge in [-0.2, -0.15) is 0 Å². The minimum atomic E-state index is -0.701. The number of carbonyl (C=O) groups is 4. The van der Waals surface area contributed by atoms with Crippen LogP contribution >= 0.6 is 0 Å². The van der Waals surface area contributed by atoms with Crippen LogP contribution in [-0.4, -0.2) is 37.3 Å². The average Bonchev–Trinajstić information content (AvgIpc) is 3.06. The average molecular weight is 435 g/mol. The van der Waals surface area contributed by atoms with Crippen LogP contribution in [0.4, 0.5) is 5.69 Å². The SMILES string of the molecule is COc1cccc(C(=O)COC(=O)c2cccc(N3C(=O)[C@H]4CC[C@@H](C)C[C@H]4C3=O)c2)c1. The maximum Gasteiger partial charge on any atom is 0.338 e. The van der Waals surface area contributed by atoms with E-state index in [1.54, 1.807) is 36.4 Å². The second kappa shape index (κ2) is 8.94. The van der Waals surface area contributed by atoms with Gasteiger partial charge in [-0.15, -0.1) is 0 Å². The lowest BCUT2D eigenvalue weighted by atomic mass is 9.76. The summed E-state index contributed by atoms with van der Waals surface area (Å²) in [5.41, 5.74) is 0.899. The third-order valence-electron chi connectivity index (χ3n) is 6.25. The number of ether oxygens (including phenoxy) is 2. The van der Waals surface area contributed by atoms with Gasteiger partial charge in [-0.3, -0.25) is 19.3 Å². The summed E-state index contributed by atoms with van der Waals surface area (Å²) in [7, 11) is 1.50. The molecule has 1 aliphatic heterocycles. The van der Waals surface area contributed by atoms with Gasteiger partial charge in [-0.25, -0.2) is 4.79 Å². The molecule has 1 saturated carbocycles. The monoisotopic (exact) mass is 435 g/mol. The van der Waals surface area contributed by atoms with E-state index in [1.807, 2.05) is 0 Å². The number of nitrogens with zero attached hydrogens (tertiary/aromatic N) is 1. The Kier molecular flexibility index (Phi) is 6.08. The predicted molar refractivity (Wildman–Crippen MR) is 117 cm³/mol. The fourth-order valence-corrected chi connectivity index (χ4v) is 4.51. The summed E-state index contributed by atoms with van der Waals surface area (Å²) in [5.74, 6) is -1.10. The molecule has 3 atom stereocenters. The Labute approximate surface area is 186 Å². The number of ketones is 1. The molecule has 2 aromatic carbocycles. The number of fused-ring (bicyclic) bond motifs is 1. The number of rotatable bonds is 6. The van der Waals surface area contributed by atoms with E-state index in [0.717, 1.165) is 6.42 Å². The van der Waals surface area contributed by atoms with Crippen molar-refractivity contribution in [3.8, 4) is 5.75 Å².